The first-order valence-corrected chi connectivity index (χ1v) is 9.43. The fraction of sp³-hybridized carbons (Fsp3) is 0.100. The predicted molar refractivity (Wildman–Crippen MR) is 109 cm³/mol. The van der Waals surface area contributed by atoms with Gasteiger partial charge >= 0.3 is 0 Å². The molecule has 0 atom stereocenters. The molecule has 0 unspecified atom stereocenters. The molecule has 0 bridgehead atoms. The van der Waals surface area contributed by atoms with E-state index in [1.807, 2.05) is 54.6 Å². The zero-order chi connectivity index (χ0) is 18.6. The minimum Gasteiger partial charge on any atom is -0.489 e. The summed E-state index contributed by atoms with van der Waals surface area (Å²) in [5, 5.41) is 2.59. The van der Waals surface area contributed by atoms with Crippen LogP contribution >= 0.6 is 24.0 Å². The van der Waals surface area contributed by atoms with Crippen LogP contribution in [0.1, 0.15) is 11.1 Å². The zero-order valence-corrected chi connectivity index (χ0v) is 15.8. The number of nitrogens with one attached hydrogen (secondary N) is 1. The number of fused-ring (bicyclic) bond motifs is 1. The van der Waals surface area contributed by atoms with Gasteiger partial charge in [-0.25, -0.2) is 0 Å². The van der Waals surface area contributed by atoms with Gasteiger partial charge < -0.3 is 19.5 Å². The van der Waals surface area contributed by atoms with E-state index in [2.05, 4.69) is 5.32 Å². The lowest BCUT2D eigenvalue weighted by Crippen LogP contribution is -2.17. The van der Waals surface area contributed by atoms with E-state index in [9.17, 15) is 4.79 Å². The van der Waals surface area contributed by atoms with Gasteiger partial charge in [0.05, 0.1) is 4.91 Å². The Hall–Kier alpha value is -2.77. The number of thiocarbonyl (C=S) groups is 1. The number of hydrogen-bond acceptors (Lipinski definition) is 6. The van der Waals surface area contributed by atoms with Gasteiger partial charge in [0.1, 0.15) is 16.7 Å². The van der Waals surface area contributed by atoms with E-state index in [-0.39, 0.29) is 12.7 Å². The smallest absolute Gasteiger partial charge is 0.263 e. The molecule has 27 heavy (non-hydrogen) atoms. The van der Waals surface area contributed by atoms with Gasteiger partial charge in [-0.1, -0.05) is 54.3 Å². The van der Waals surface area contributed by atoms with Crippen LogP contribution in [0, 0.1) is 0 Å². The van der Waals surface area contributed by atoms with E-state index in [0.717, 1.165) is 28.4 Å². The third-order valence-corrected chi connectivity index (χ3v) is 5.08. The van der Waals surface area contributed by atoms with Crippen molar-refractivity contribution >= 4 is 40.3 Å². The van der Waals surface area contributed by atoms with Crippen molar-refractivity contribution in [3.8, 4) is 17.2 Å². The Labute approximate surface area is 166 Å². The van der Waals surface area contributed by atoms with Gasteiger partial charge in [-0.15, -0.1) is 0 Å². The molecule has 0 aromatic heterocycles. The Kier molecular flexibility index (Phi) is 5.13. The molecule has 1 fully saturated rings. The maximum absolute atomic E-state index is 11.6. The molecule has 0 spiro atoms. The molecule has 2 aromatic carbocycles. The number of thioether (sulfide) groups is 1. The van der Waals surface area contributed by atoms with Gasteiger partial charge in [-0.05, 0) is 41.5 Å². The van der Waals surface area contributed by atoms with E-state index in [0.29, 0.717) is 15.8 Å². The van der Waals surface area contributed by atoms with Gasteiger partial charge in [0.15, 0.2) is 11.5 Å². The van der Waals surface area contributed by atoms with E-state index >= 15 is 0 Å². The molecule has 1 amide bonds. The molecule has 136 valence electrons. The van der Waals surface area contributed by atoms with Crippen molar-refractivity contribution in [2.45, 2.75) is 6.61 Å². The Bertz CT molecular complexity index is 951. The van der Waals surface area contributed by atoms with Crippen molar-refractivity contribution in [2.75, 3.05) is 6.79 Å². The summed E-state index contributed by atoms with van der Waals surface area (Å²) >= 11 is 6.22. The minimum atomic E-state index is -0.151. The van der Waals surface area contributed by atoms with Gasteiger partial charge in [-0.2, -0.15) is 0 Å². The zero-order valence-electron chi connectivity index (χ0n) is 14.1. The third kappa shape index (κ3) is 4.32. The molecule has 2 aliphatic rings. The van der Waals surface area contributed by atoms with Crippen LogP contribution in [-0.2, 0) is 11.4 Å². The first-order valence-electron chi connectivity index (χ1n) is 8.20. The van der Waals surface area contributed by atoms with Crippen molar-refractivity contribution in [3.63, 3.8) is 0 Å². The average Bonchev–Trinajstić information content (AvgIpc) is 3.26. The van der Waals surface area contributed by atoms with Crippen LogP contribution < -0.4 is 19.5 Å². The summed E-state index contributed by atoms with van der Waals surface area (Å²) in [6, 6.07) is 13.5. The molecule has 1 saturated heterocycles. The summed E-state index contributed by atoms with van der Waals surface area (Å²) in [5.41, 5.74) is 2.02. The third-order valence-electron chi connectivity index (χ3n) is 3.90. The maximum Gasteiger partial charge on any atom is 0.263 e. The first-order chi connectivity index (χ1) is 13.2. The summed E-state index contributed by atoms with van der Waals surface area (Å²) in [6.45, 7) is 0.714. The van der Waals surface area contributed by atoms with Crippen molar-refractivity contribution in [2.24, 2.45) is 0 Å². The molecule has 0 aliphatic carbocycles. The SMILES string of the molecule is O=C1NC(=S)SC1=CC=Cc1ccc(OCc2ccc3c(c2)OCO3)cc1. The lowest BCUT2D eigenvalue weighted by Gasteiger charge is -2.07. The number of carbonyl (C=O) groups excluding carboxylic acids is 1. The lowest BCUT2D eigenvalue weighted by atomic mass is 10.2. The molecule has 5 nitrogen and oxygen atoms in total. The van der Waals surface area contributed by atoms with Crippen LogP contribution in [0.5, 0.6) is 17.2 Å². The molecule has 4 rings (SSSR count). The summed E-state index contributed by atoms with van der Waals surface area (Å²) < 4.78 is 17.0. The summed E-state index contributed by atoms with van der Waals surface area (Å²) in [6.07, 6.45) is 5.51. The fourth-order valence-electron chi connectivity index (χ4n) is 2.55. The molecule has 1 N–H and O–H groups in total. The van der Waals surface area contributed by atoms with Gasteiger partial charge in [0, 0.05) is 0 Å². The number of allylic oxidation sites excluding steroid dienone is 2. The highest BCUT2D eigenvalue weighted by molar-refractivity contribution is 8.26. The van der Waals surface area contributed by atoms with Crippen LogP contribution in [0.25, 0.3) is 6.08 Å². The Balaban J connectivity index is 1.33. The molecular weight excluding hydrogens is 382 g/mol. The quantitative estimate of drug-likeness (QED) is 0.607. The first kappa shape index (κ1) is 17.6. The van der Waals surface area contributed by atoms with Gasteiger partial charge in [0.2, 0.25) is 6.79 Å². The maximum atomic E-state index is 11.6. The lowest BCUT2D eigenvalue weighted by molar-refractivity contribution is -0.115. The minimum absolute atomic E-state index is 0.151. The highest BCUT2D eigenvalue weighted by Gasteiger charge is 2.20. The van der Waals surface area contributed by atoms with Gasteiger partial charge in [0.25, 0.3) is 5.91 Å². The molecule has 0 radical (unpaired) electrons. The largest absolute Gasteiger partial charge is 0.489 e. The monoisotopic (exact) mass is 397 g/mol. The van der Waals surface area contributed by atoms with Crippen molar-refractivity contribution < 1.29 is 19.0 Å². The van der Waals surface area contributed by atoms with Crippen LogP contribution in [0.15, 0.2) is 59.5 Å². The fourth-order valence-corrected chi connectivity index (χ4v) is 3.55. The van der Waals surface area contributed by atoms with Crippen molar-refractivity contribution in [1.29, 1.82) is 0 Å². The number of carbonyl (C=O) groups is 1. The summed E-state index contributed by atoms with van der Waals surface area (Å²) in [5.74, 6) is 2.14. The molecule has 7 heteroatoms. The Morgan fingerprint density at radius 3 is 2.74 bits per heavy atom. The van der Waals surface area contributed by atoms with E-state index in [1.54, 1.807) is 6.08 Å². The second kappa shape index (κ2) is 7.85. The van der Waals surface area contributed by atoms with Crippen LogP contribution in [0.4, 0.5) is 0 Å². The molecular formula is C20H15NO4S2. The Morgan fingerprint density at radius 2 is 1.96 bits per heavy atom. The van der Waals surface area contributed by atoms with E-state index in [1.165, 1.54) is 11.8 Å². The van der Waals surface area contributed by atoms with E-state index in [4.69, 9.17) is 26.4 Å². The number of amides is 1. The average molecular weight is 397 g/mol. The predicted octanol–water partition coefficient (Wildman–Crippen LogP) is 4.04. The van der Waals surface area contributed by atoms with E-state index < -0.39 is 0 Å². The number of benzene rings is 2. The van der Waals surface area contributed by atoms with Crippen molar-refractivity contribution in [3.05, 3.63) is 70.6 Å². The highest BCUT2D eigenvalue weighted by Crippen LogP contribution is 2.32. The standard InChI is InChI=1S/C20H15NO4S2/c22-19-18(27-20(26)21-19)3-1-2-13-4-7-15(8-5-13)23-11-14-6-9-16-17(10-14)25-12-24-16/h1-10H,11-12H2,(H,21,22,26). The molecule has 2 aliphatic heterocycles. The Morgan fingerprint density at radius 1 is 1.15 bits per heavy atom. The van der Waals surface area contributed by atoms with Crippen LogP contribution in [0.3, 0.4) is 0 Å². The van der Waals surface area contributed by atoms with Crippen LogP contribution in [0.2, 0.25) is 0 Å². The number of rotatable bonds is 5. The van der Waals surface area contributed by atoms with Gasteiger partial charge in [-0.3, -0.25) is 4.79 Å². The number of hydrogen-bond donors (Lipinski definition) is 1. The normalized spacial score (nSPS) is 17.0. The van der Waals surface area contributed by atoms with Crippen LogP contribution in [-0.4, -0.2) is 17.0 Å². The molecule has 2 heterocycles. The molecule has 2 aromatic rings. The molecule has 0 saturated carbocycles. The summed E-state index contributed by atoms with van der Waals surface area (Å²) in [4.78, 5) is 12.2. The number of ether oxygens (including phenoxy) is 3. The highest BCUT2D eigenvalue weighted by atomic mass is 32.2. The second-order valence-corrected chi connectivity index (χ2v) is 7.50. The topological polar surface area (TPSA) is 56.8 Å². The van der Waals surface area contributed by atoms with Crippen molar-refractivity contribution in [1.82, 2.24) is 5.32 Å². The summed E-state index contributed by atoms with van der Waals surface area (Å²) in [7, 11) is 0. The second-order valence-electron chi connectivity index (χ2n) is 5.78.